The lowest BCUT2D eigenvalue weighted by Crippen LogP contribution is -2.44. The number of halogens is 4. The summed E-state index contributed by atoms with van der Waals surface area (Å²) in [5.74, 6) is -4.51. The highest BCUT2D eigenvalue weighted by atomic mass is 35.5. The SMILES string of the molecule is O=C(Nc1cc(F)c(F)c(F)c1)c1ccc(Cl)c(SC2C3CCC2CC(O)(CO)C3)c1. The Labute approximate surface area is 186 Å². The van der Waals surface area contributed by atoms with Crippen molar-refractivity contribution in [2.45, 2.75) is 41.4 Å². The zero-order chi connectivity index (χ0) is 22.3. The second kappa shape index (κ2) is 8.65. The van der Waals surface area contributed by atoms with E-state index >= 15 is 0 Å². The van der Waals surface area contributed by atoms with E-state index in [1.807, 2.05) is 0 Å². The van der Waals surface area contributed by atoms with E-state index in [0.29, 0.717) is 34.9 Å². The van der Waals surface area contributed by atoms with Crippen LogP contribution in [0.25, 0.3) is 0 Å². The van der Waals surface area contributed by atoms with Crippen LogP contribution in [0.4, 0.5) is 18.9 Å². The maximum atomic E-state index is 13.4. The summed E-state index contributed by atoms with van der Waals surface area (Å²) in [6, 6.07) is 6.12. The minimum Gasteiger partial charge on any atom is -0.393 e. The molecule has 4 nitrogen and oxygen atoms in total. The monoisotopic (exact) mass is 471 g/mol. The zero-order valence-corrected chi connectivity index (χ0v) is 17.9. The first kappa shape index (κ1) is 22.5. The fraction of sp³-hybridized carbons (Fsp3) is 0.409. The van der Waals surface area contributed by atoms with E-state index in [1.54, 1.807) is 23.9 Å². The van der Waals surface area contributed by atoms with Gasteiger partial charge in [0.25, 0.3) is 5.91 Å². The number of aliphatic hydroxyl groups excluding tert-OH is 1. The highest BCUT2D eigenvalue weighted by molar-refractivity contribution is 8.00. The first-order chi connectivity index (χ1) is 14.7. The molecule has 2 aliphatic rings. The van der Waals surface area contributed by atoms with Crippen LogP contribution in [0.1, 0.15) is 36.0 Å². The third-order valence-corrected chi connectivity index (χ3v) is 8.19. The Hall–Kier alpha value is -1.74. The van der Waals surface area contributed by atoms with Crippen molar-refractivity contribution in [3.63, 3.8) is 0 Å². The largest absolute Gasteiger partial charge is 0.393 e. The number of carbonyl (C=O) groups excluding carboxylic acids is 1. The molecule has 3 N–H and O–H groups in total. The summed E-state index contributed by atoms with van der Waals surface area (Å²) in [7, 11) is 0. The fourth-order valence-corrected chi connectivity index (χ4v) is 6.44. The fourth-order valence-electron chi connectivity index (χ4n) is 4.67. The Morgan fingerprint density at radius 3 is 2.32 bits per heavy atom. The van der Waals surface area contributed by atoms with Crippen LogP contribution in [0, 0.1) is 29.3 Å². The van der Waals surface area contributed by atoms with Crippen LogP contribution < -0.4 is 5.32 Å². The number of nitrogens with one attached hydrogen (secondary N) is 1. The predicted molar refractivity (Wildman–Crippen MR) is 113 cm³/mol. The van der Waals surface area contributed by atoms with Gasteiger partial charge in [0.2, 0.25) is 0 Å². The summed E-state index contributed by atoms with van der Waals surface area (Å²) < 4.78 is 39.9. The minimum absolute atomic E-state index is 0.195. The van der Waals surface area contributed by atoms with Crippen molar-refractivity contribution >= 4 is 35.0 Å². The molecule has 0 saturated heterocycles. The number of thioether (sulfide) groups is 1. The molecule has 31 heavy (non-hydrogen) atoms. The van der Waals surface area contributed by atoms with Crippen molar-refractivity contribution in [1.29, 1.82) is 0 Å². The Kier molecular flexibility index (Phi) is 6.27. The van der Waals surface area contributed by atoms with Gasteiger partial charge in [0.1, 0.15) is 0 Å². The van der Waals surface area contributed by atoms with Gasteiger partial charge in [-0.3, -0.25) is 4.79 Å². The smallest absolute Gasteiger partial charge is 0.255 e. The van der Waals surface area contributed by atoms with E-state index in [2.05, 4.69) is 5.32 Å². The van der Waals surface area contributed by atoms with E-state index in [0.717, 1.165) is 12.8 Å². The van der Waals surface area contributed by atoms with Crippen LogP contribution in [0.15, 0.2) is 35.2 Å². The highest BCUT2D eigenvalue weighted by Gasteiger charge is 2.49. The number of hydrogen-bond acceptors (Lipinski definition) is 4. The Morgan fingerprint density at radius 2 is 1.74 bits per heavy atom. The minimum atomic E-state index is -1.60. The normalized spacial score (nSPS) is 27.4. The van der Waals surface area contributed by atoms with Crippen molar-refractivity contribution < 1.29 is 28.2 Å². The van der Waals surface area contributed by atoms with Gasteiger partial charge in [-0.1, -0.05) is 11.6 Å². The average molecular weight is 472 g/mol. The van der Waals surface area contributed by atoms with Crippen LogP contribution >= 0.6 is 23.4 Å². The number of hydrogen-bond donors (Lipinski definition) is 3. The Balaban J connectivity index is 1.51. The lowest BCUT2D eigenvalue weighted by Gasteiger charge is -2.40. The number of amides is 1. The number of carbonyl (C=O) groups is 1. The van der Waals surface area contributed by atoms with Crippen molar-refractivity contribution in [3.05, 3.63) is 58.4 Å². The quantitative estimate of drug-likeness (QED) is 0.536. The van der Waals surface area contributed by atoms with Gasteiger partial charge in [-0.05, 0) is 55.7 Å². The van der Waals surface area contributed by atoms with E-state index in [9.17, 15) is 28.2 Å². The van der Waals surface area contributed by atoms with Gasteiger partial charge in [0, 0.05) is 33.5 Å². The van der Waals surface area contributed by atoms with Gasteiger partial charge in [0.15, 0.2) is 17.5 Å². The van der Waals surface area contributed by atoms with Gasteiger partial charge in [0.05, 0.1) is 17.2 Å². The van der Waals surface area contributed by atoms with Gasteiger partial charge >= 0.3 is 0 Å². The second-order valence-corrected chi connectivity index (χ2v) is 9.95. The summed E-state index contributed by atoms with van der Waals surface area (Å²) in [5.41, 5.74) is -0.986. The first-order valence-corrected chi connectivity index (χ1v) is 11.2. The standard InChI is InChI=1S/C22H21ClF3NO3S/c23-15-4-3-11(21(29)27-14-6-16(24)19(26)17(25)7-14)5-18(15)31-20-12-1-2-13(20)9-22(30,8-12)10-28/h3-7,12-13,20,28,30H,1-2,8-10H2,(H,27,29). The number of aliphatic hydroxyl groups is 2. The molecule has 2 aromatic carbocycles. The molecule has 0 heterocycles. The van der Waals surface area contributed by atoms with Crippen LogP contribution in [-0.2, 0) is 0 Å². The van der Waals surface area contributed by atoms with Crippen molar-refractivity contribution in [2.75, 3.05) is 11.9 Å². The molecule has 0 aromatic heterocycles. The molecule has 2 atom stereocenters. The molecule has 0 radical (unpaired) electrons. The highest BCUT2D eigenvalue weighted by Crippen LogP contribution is 2.53. The van der Waals surface area contributed by atoms with Crippen molar-refractivity contribution in [3.8, 4) is 0 Å². The van der Waals surface area contributed by atoms with Gasteiger partial charge in [-0.2, -0.15) is 0 Å². The molecule has 0 aliphatic heterocycles. The van der Waals surface area contributed by atoms with E-state index in [4.69, 9.17) is 11.6 Å². The topological polar surface area (TPSA) is 69.6 Å². The summed E-state index contributed by atoms with van der Waals surface area (Å²) in [6.45, 7) is -0.252. The lowest BCUT2D eigenvalue weighted by atomic mass is 9.77. The Bertz CT molecular complexity index is 984. The van der Waals surface area contributed by atoms with E-state index < -0.39 is 29.0 Å². The van der Waals surface area contributed by atoms with Crippen LogP contribution in [-0.4, -0.2) is 33.6 Å². The maximum Gasteiger partial charge on any atom is 0.255 e. The molecular weight excluding hydrogens is 451 g/mol. The third-order valence-electron chi connectivity index (χ3n) is 6.11. The Morgan fingerprint density at radius 1 is 1.13 bits per heavy atom. The van der Waals surface area contributed by atoms with Gasteiger partial charge in [-0.15, -0.1) is 11.8 Å². The van der Waals surface area contributed by atoms with Gasteiger partial charge < -0.3 is 15.5 Å². The third kappa shape index (κ3) is 4.58. The molecule has 9 heteroatoms. The lowest BCUT2D eigenvalue weighted by molar-refractivity contribution is -0.0590. The first-order valence-electron chi connectivity index (χ1n) is 9.94. The number of anilines is 1. The van der Waals surface area contributed by atoms with Crippen LogP contribution in [0.3, 0.4) is 0 Å². The molecule has 166 valence electrons. The molecule has 2 aliphatic carbocycles. The summed E-state index contributed by atoms with van der Waals surface area (Å²) >= 11 is 7.91. The van der Waals surface area contributed by atoms with E-state index in [-0.39, 0.29) is 34.9 Å². The van der Waals surface area contributed by atoms with Crippen LogP contribution in [0.2, 0.25) is 5.02 Å². The predicted octanol–water partition coefficient (Wildman–Crippen LogP) is 5.01. The maximum absolute atomic E-state index is 13.4. The summed E-state index contributed by atoms with van der Waals surface area (Å²) in [5, 5.41) is 23.1. The number of fused-ring (bicyclic) bond motifs is 2. The number of rotatable bonds is 5. The average Bonchev–Trinajstić information content (AvgIpc) is 2.97. The van der Waals surface area contributed by atoms with E-state index in [1.165, 1.54) is 6.07 Å². The molecule has 2 saturated carbocycles. The summed E-state index contributed by atoms with van der Waals surface area (Å²) in [4.78, 5) is 13.3. The molecule has 2 aromatic rings. The molecule has 2 unspecified atom stereocenters. The van der Waals surface area contributed by atoms with Crippen LogP contribution in [0.5, 0.6) is 0 Å². The molecule has 2 bridgehead atoms. The number of benzene rings is 2. The molecule has 2 fully saturated rings. The van der Waals surface area contributed by atoms with Crippen molar-refractivity contribution in [1.82, 2.24) is 0 Å². The van der Waals surface area contributed by atoms with Gasteiger partial charge in [-0.25, -0.2) is 13.2 Å². The molecule has 4 rings (SSSR count). The summed E-state index contributed by atoms with van der Waals surface area (Å²) in [6.07, 6.45) is 2.97. The molecular formula is C22H21ClF3NO3S. The molecule has 0 spiro atoms. The second-order valence-electron chi connectivity index (χ2n) is 8.32. The van der Waals surface area contributed by atoms with Crippen molar-refractivity contribution in [2.24, 2.45) is 11.8 Å². The zero-order valence-electron chi connectivity index (χ0n) is 16.4. The molecule has 1 amide bonds.